The molecule has 1 aliphatic heterocycles. The van der Waals surface area contributed by atoms with Crippen LogP contribution in [0.1, 0.15) is 51.5 Å². The summed E-state index contributed by atoms with van der Waals surface area (Å²) in [5.41, 5.74) is 0.905. The highest BCUT2D eigenvalue weighted by molar-refractivity contribution is 8.18. The molecule has 6 heteroatoms. The summed E-state index contributed by atoms with van der Waals surface area (Å²) < 4.78 is 11.3. The number of amides is 1. The Kier molecular flexibility index (Phi) is 6.83. The number of rotatable bonds is 7. The van der Waals surface area contributed by atoms with Crippen LogP contribution in [0.2, 0.25) is 0 Å². The highest BCUT2D eigenvalue weighted by Crippen LogP contribution is 2.32. The molecular formula is C21H28N2O3S. The van der Waals surface area contributed by atoms with Crippen LogP contribution >= 0.6 is 11.8 Å². The fourth-order valence-electron chi connectivity index (χ4n) is 3.14. The number of benzene rings is 1. The number of carbonyl (C=O) groups excluding carboxylic acids is 1. The van der Waals surface area contributed by atoms with Crippen molar-refractivity contribution in [3.05, 3.63) is 28.7 Å². The lowest BCUT2D eigenvalue weighted by Gasteiger charge is -2.12. The Morgan fingerprint density at radius 2 is 2.07 bits per heavy atom. The van der Waals surface area contributed by atoms with Gasteiger partial charge in [-0.05, 0) is 60.7 Å². The van der Waals surface area contributed by atoms with Gasteiger partial charge in [0.1, 0.15) is 0 Å². The molecule has 2 aliphatic rings. The second kappa shape index (κ2) is 9.31. The zero-order valence-corrected chi connectivity index (χ0v) is 17.1. The van der Waals surface area contributed by atoms with Crippen molar-refractivity contribution in [1.29, 1.82) is 0 Å². The summed E-state index contributed by atoms with van der Waals surface area (Å²) in [7, 11) is 1.63. The Morgan fingerprint density at radius 3 is 2.78 bits per heavy atom. The fraction of sp³-hybridized carbons (Fsp3) is 0.524. The van der Waals surface area contributed by atoms with Crippen LogP contribution < -0.4 is 14.8 Å². The fourth-order valence-corrected chi connectivity index (χ4v) is 4.03. The summed E-state index contributed by atoms with van der Waals surface area (Å²) in [6, 6.07) is 6.10. The molecule has 0 unspecified atom stereocenters. The van der Waals surface area contributed by atoms with Gasteiger partial charge in [0.15, 0.2) is 16.7 Å². The molecule has 1 aliphatic carbocycles. The minimum Gasteiger partial charge on any atom is -0.493 e. The maximum Gasteiger partial charge on any atom is 0.264 e. The Balaban J connectivity index is 1.69. The van der Waals surface area contributed by atoms with Gasteiger partial charge in [0.25, 0.3) is 5.91 Å². The van der Waals surface area contributed by atoms with E-state index < -0.39 is 0 Å². The Hall–Kier alpha value is -1.95. The number of methoxy groups -OCH3 is 1. The molecule has 3 rings (SSSR count). The zero-order valence-electron chi connectivity index (χ0n) is 16.3. The van der Waals surface area contributed by atoms with Crippen LogP contribution in [0.25, 0.3) is 6.08 Å². The van der Waals surface area contributed by atoms with Crippen molar-refractivity contribution in [2.75, 3.05) is 13.7 Å². The number of amidine groups is 1. The maximum absolute atomic E-state index is 12.3. The van der Waals surface area contributed by atoms with Gasteiger partial charge in [0.2, 0.25) is 0 Å². The monoisotopic (exact) mass is 388 g/mol. The van der Waals surface area contributed by atoms with Crippen molar-refractivity contribution < 1.29 is 14.3 Å². The first-order chi connectivity index (χ1) is 13.0. The van der Waals surface area contributed by atoms with Crippen molar-refractivity contribution in [1.82, 2.24) is 5.32 Å². The summed E-state index contributed by atoms with van der Waals surface area (Å²) in [5.74, 6) is 1.91. The second-order valence-corrected chi connectivity index (χ2v) is 8.41. The van der Waals surface area contributed by atoms with E-state index in [0.29, 0.717) is 29.2 Å². The molecule has 1 saturated heterocycles. The Morgan fingerprint density at radius 1 is 1.30 bits per heavy atom. The summed E-state index contributed by atoms with van der Waals surface area (Å²) in [6.45, 7) is 5.00. The molecule has 1 aromatic rings. The first kappa shape index (κ1) is 19.8. The summed E-state index contributed by atoms with van der Waals surface area (Å²) in [6.07, 6.45) is 7.57. The van der Waals surface area contributed by atoms with Crippen LogP contribution in [0.4, 0.5) is 0 Å². The number of nitrogens with one attached hydrogen (secondary N) is 1. The molecule has 5 nitrogen and oxygen atoms in total. The molecule has 0 radical (unpaired) electrons. The van der Waals surface area contributed by atoms with Gasteiger partial charge in [-0.3, -0.25) is 9.79 Å². The normalized spacial score (nSPS) is 20.7. The van der Waals surface area contributed by atoms with Crippen LogP contribution in [0, 0.1) is 5.92 Å². The molecule has 0 bridgehead atoms. The number of nitrogens with zero attached hydrogens (tertiary/aromatic N) is 1. The third kappa shape index (κ3) is 5.51. The van der Waals surface area contributed by atoms with Gasteiger partial charge in [-0.2, -0.15) is 0 Å². The van der Waals surface area contributed by atoms with Crippen molar-refractivity contribution >= 4 is 28.9 Å². The van der Waals surface area contributed by atoms with Crippen LogP contribution in [-0.2, 0) is 4.79 Å². The van der Waals surface area contributed by atoms with E-state index in [1.165, 1.54) is 24.6 Å². The maximum atomic E-state index is 12.3. The SMILES string of the molecule is COc1cc(/C=C2\SC(=NC3CCCC3)NC2=O)ccc1OCCC(C)C. The van der Waals surface area contributed by atoms with Gasteiger partial charge >= 0.3 is 0 Å². The first-order valence-corrected chi connectivity index (χ1v) is 10.5. The van der Waals surface area contributed by atoms with Crippen molar-refractivity contribution in [2.24, 2.45) is 10.9 Å². The molecular weight excluding hydrogens is 360 g/mol. The molecule has 1 heterocycles. The quantitative estimate of drug-likeness (QED) is 0.692. The minimum absolute atomic E-state index is 0.0898. The molecule has 27 heavy (non-hydrogen) atoms. The molecule has 0 atom stereocenters. The van der Waals surface area contributed by atoms with E-state index in [4.69, 9.17) is 9.47 Å². The van der Waals surface area contributed by atoms with E-state index in [9.17, 15) is 4.79 Å². The average Bonchev–Trinajstić information content (AvgIpc) is 3.26. The number of hydrogen-bond acceptors (Lipinski definition) is 5. The summed E-state index contributed by atoms with van der Waals surface area (Å²) in [5, 5.41) is 3.60. The molecule has 1 aromatic carbocycles. The molecule has 1 amide bonds. The Labute approximate surface area is 165 Å². The predicted octanol–water partition coefficient (Wildman–Crippen LogP) is 4.62. The highest BCUT2D eigenvalue weighted by atomic mass is 32.2. The largest absolute Gasteiger partial charge is 0.493 e. The van der Waals surface area contributed by atoms with Crippen molar-refractivity contribution in [3.8, 4) is 11.5 Å². The lowest BCUT2D eigenvalue weighted by atomic mass is 10.1. The van der Waals surface area contributed by atoms with Crippen LogP contribution in [0.5, 0.6) is 11.5 Å². The van der Waals surface area contributed by atoms with E-state index >= 15 is 0 Å². The Bertz CT molecular complexity index is 737. The average molecular weight is 389 g/mol. The van der Waals surface area contributed by atoms with E-state index in [1.807, 2.05) is 24.3 Å². The van der Waals surface area contributed by atoms with Crippen LogP contribution in [0.3, 0.4) is 0 Å². The third-order valence-electron chi connectivity index (χ3n) is 4.71. The number of aliphatic imine (C=N–C) groups is 1. The van der Waals surface area contributed by atoms with Gasteiger partial charge in [-0.25, -0.2) is 0 Å². The third-order valence-corrected chi connectivity index (χ3v) is 5.64. The smallest absolute Gasteiger partial charge is 0.264 e. The zero-order chi connectivity index (χ0) is 19.2. The summed E-state index contributed by atoms with van der Waals surface area (Å²) in [4.78, 5) is 17.6. The number of hydrogen-bond donors (Lipinski definition) is 1. The standard InChI is InChI=1S/C21H28N2O3S/c1-14(2)10-11-26-17-9-8-15(12-18(17)25-3)13-19-20(24)23-21(27-19)22-16-6-4-5-7-16/h8-9,12-14,16H,4-7,10-11H2,1-3H3,(H,22,23,24)/b19-13-. The highest BCUT2D eigenvalue weighted by Gasteiger charge is 2.25. The van der Waals surface area contributed by atoms with E-state index in [1.54, 1.807) is 7.11 Å². The lowest BCUT2D eigenvalue weighted by molar-refractivity contribution is -0.115. The number of ether oxygens (including phenoxy) is 2. The topological polar surface area (TPSA) is 59.9 Å². The molecule has 2 fully saturated rings. The minimum atomic E-state index is -0.0898. The van der Waals surface area contributed by atoms with Crippen LogP contribution in [-0.4, -0.2) is 30.8 Å². The van der Waals surface area contributed by atoms with E-state index in [-0.39, 0.29) is 5.91 Å². The molecule has 1 saturated carbocycles. The van der Waals surface area contributed by atoms with Crippen LogP contribution in [0.15, 0.2) is 28.1 Å². The summed E-state index contributed by atoms with van der Waals surface area (Å²) >= 11 is 1.41. The predicted molar refractivity (Wildman–Crippen MR) is 111 cm³/mol. The van der Waals surface area contributed by atoms with E-state index in [2.05, 4.69) is 24.2 Å². The molecule has 146 valence electrons. The molecule has 1 N–H and O–H groups in total. The molecule has 0 aromatic heterocycles. The van der Waals surface area contributed by atoms with Gasteiger partial charge in [0.05, 0.1) is 24.7 Å². The van der Waals surface area contributed by atoms with Crippen molar-refractivity contribution in [3.63, 3.8) is 0 Å². The molecule has 0 spiro atoms. The van der Waals surface area contributed by atoms with Gasteiger partial charge in [0, 0.05) is 0 Å². The van der Waals surface area contributed by atoms with E-state index in [0.717, 1.165) is 35.7 Å². The van der Waals surface area contributed by atoms with Crippen molar-refractivity contribution in [2.45, 2.75) is 52.0 Å². The number of carbonyl (C=O) groups is 1. The number of thioether (sulfide) groups is 1. The lowest BCUT2D eigenvalue weighted by Crippen LogP contribution is -2.21. The first-order valence-electron chi connectivity index (χ1n) is 9.64. The second-order valence-electron chi connectivity index (χ2n) is 7.38. The van der Waals surface area contributed by atoms with Gasteiger partial charge in [-0.1, -0.05) is 32.8 Å². The van der Waals surface area contributed by atoms with Gasteiger partial charge in [-0.15, -0.1) is 0 Å². The van der Waals surface area contributed by atoms with Gasteiger partial charge < -0.3 is 14.8 Å².